The van der Waals surface area contributed by atoms with E-state index in [1.807, 2.05) is 0 Å². The summed E-state index contributed by atoms with van der Waals surface area (Å²) in [5.41, 5.74) is 0.0137. The molecule has 2 nitrogen and oxygen atoms in total. The summed E-state index contributed by atoms with van der Waals surface area (Å²) in [6.45, 7) is 0.910. The van der Waals surface area contributed by atoms with Crippen molar-refractivity contribution in [3.63, 3.8) is 0 Å². The van der Waals surface area contributed by atoms with Crippen LogP contribution in [-0.2, 0) is 6.18 Å². The van der Waals surface area contributed by atoms with Crippen LogP contribution in [0.25, 0.3) is 0 Å². The highest BCUT2D eigenvalue weighted by Crippen LogP contribution is 2.29. The van der Waals surface area contributed by atoms with Gasteiger partial charge in [0.15, 0.2) is 0 Å². The van der Waals surface area contributed by atoms with Crippen LogP contribution in [0.5, 0.6) is 0 Å². The lowest BCUT2D eigenvalue weighted by molar-refractivity contribution is -0.137. The minimum Gasteiger partial charge on any atom is -0.309 e. The average molecular weight is 230 g/mol. The summed E-state index contributed by atoms with van der Waals surface area (Å²) >= 11 is 0. The Balaban J connectivity index is 2.12. The lowest BCUT2D eigenvalue weighted by Gasteiger charge is -2.23. The summed E-state index contributed by atoms with van der Waals surface area (Å²) in [5.74, 6) is 0. The molecule has 2 heterocycles. The highest BCUT2D eigenvalue weighted by molar-refractivity contribution is 5.19. The number of alkyl halides is 3. The molecule has 1 saturated heterocycles. The van der Waals surface area contributed by atoms with Crippen LogP contribution >= 0.6 is 0 Å². The second-order valence-corrected chi connectivity index (χ2v) is 3.97. The van der Waals surface area contributed by atoms with E-state index in [9.17, 15) is 13.2 Å². The summed E-state index contributed by atoms with van der Waals surface area (Å²) in [7, 11) is 0. The minimum atomic E-state index is -4.30. The number of nitrogens with zero attached hydrogens (tertiary/aromatic N) is 1. The SMILES string of the molecule is FC(F)(F)c1ccc(C2CCCCN2)nc1. The van der Waals surface area contributed by atoms with Gasteiger partial charge in [0, 0.05) is 12.2 Å². The lowest BCUT2D eigenvalue weighted by atomic mass is 10.0. The van der Waals surface area contributed by atoms with Crippen LogP contribution in [0.3, 0.4) is 0 Å². The first-order valence-corrected chi connectivity index (χ1v) is 5.34. The number of nitrogens with one attached hydrogen (secondary N) is 1. The zero-order valence-corrected chi connectivity index (χ0v) is 8.72. The number of hydrogen-bond donors (Lipinski definition) is 1. The topological polar surface area (TPSA) is 24.9 Å². The van der Waals surface area contributed by atoms with Crippen LogP contribution in [0.15, 0.2) is 18.3 Å². The van der Waals surface area contributed by atoms with Crippen molar-refractivity contribution in [3.8, 4) is 0 Å². The fourth-order valence-electron chi connectivity index (χ4n) is 1.88. The smallest absolute Gasteiger partial charge is 0.309 e. The Morgan fingerprint density at radius 2 is 2.06 bits per heavy atom. The Labute approximate surface area is 91.9 Å². The van der Waals surface area contributed by atoms with Gasteiger partial charge in [0.05, 0.1) is 11.3 Å². The molecule has 1 atom stereocenters. The lowest BCUT2D eigenvalue weighted by Crippen LogP contribution is -2.27. The Kier molecular flexibility index (Phi) is 3.14. The van der Waals surface area contributed by atoms with Gasteiger partial charge < -0.3 is 5.32 Å². The van der Waals surface area contributed by atoms with Gasteiger partial charge in [-0.05, 0) is 31.5 Å². The molecule has 0 radical (unpaired) electrons. The van der Waals surface area contributed by atoms with E-state index in [-0.39, 0.29) is 6.04 Å². The minimum absolute atomic E-state index is 0.107. The maximum absolute atomic E-state index is 12.3. The number of hydrogen-bond acceptors (Lipinski definition) is 2. The van der Waals surface area contributed by atoms with Crippen molar-refractivity contribution in [2.45, 2.75) is 31.5 Å². The molecule has 1 aromatic rings. The molecule has 0 aromatic carbocycles. The van der Waals surface area contributed by atoms with Gasteiger partial charge in [-0.3, -0.25) is 4.98 Å². The van der Waals surface area contributed by atoms with E-state index in [0.29, 0.717) is 5.69 Å². The molecular weight excluding hydrogens is 217 g/mol. The average Bonchev–Trinajstić information content (AvgIpc) is 2.29. The number of piperidine rings is 1. The van der Waals surface area contributed by atoms with Crippen molar-refractivity contribution >= 4 is 0 Å². The fourth-order valence-corrected chi connectivity index (χ4v) is 1.88. The number of pyridine rings is 1. The van der Waals surface area contributed by atoms with E-state index in [2.05, 4.69) is 10.3 Å². The van der Waals surface area contributed by atoms with Crippen LogP contribution in [0.4, 0.5) is 13.2 Å². The Morgan fingerprint density at radius 1 is 1.25 bits per heavy atom. The van der Waals surface area contributed by atoms with Crippen molar-refractivity contribution < 1.29 is 13.2 Å². The molecule has 1 aliphatic heterocycles. The molecule has 1 unspecified atom stereocenters. The zero-order valence-electron chi connectivity index (χ0n) is 8.72. The third-order valence-electron chi connectivity index (χ3n) is 2.78. The number of aromatic nitrogens is 1. The maximum atomic E-state index is 12.3. The molecule has 1 aromatic heterocycles. The van der Waals surface area contributed by atoms with Crippen LogP contribution in [0.2, 0.25) is 0 Å². The molecular formula is C11H13F3N2. The highest BCUT2D eigenvalue weighted by Gasteiger charge is 2.31. The van der Waals surface area contributed by atoms with Gasteiger partial charge in [0.2, 0.25) is 0 Å². The quantitative estimate of drug-likeness (QED) is 0.802. The Bertz CT molecular complexity index is 339. The summed E-state index contributed by atoms with van der Waals surface area (Å²) in [4.78, 5) is 3.89. The van der Waals surface area contributed by atoms with Crippen molar-refractivity contribution in [2.24, 2.45) is 0 Å². The molecule has 0 amide bonds. The largest absolute Gasteiger partial charge is 0.417 e. The first-order chi connectivity index (χ1) is 7.57. The standard InChI is InChI=1S/C11H13F3N2/c12-11(13,14)8-4-5-10(16-7-8)9-3-1-2-6-15-9/h4-5,7,9,15H,1-3,6H2. The normalized spacial score (nSPS) is 22.1. The number of halogens is 3. The molecule has 1 N–H and O–H groups in total. The predicted octanol–water partition coefficient (Wildman–Crippen LogP) is 2.92. The van der Waals surface area contributed by atoms with Gasteiger partial charge in [0.1, 0.15) is 0 Å². The van der Waals surface area contributed by atoms with Crippen LogP contribution in [0.1, 0.15) is 36.6 Å². The third-order valence-corrected chi connectivity index (χ3v) is 2.78. The van der Waals surface area contributed by atoms with Crippen molar-refractivity contribution in [3.05, 3.63) is 29.6 Å². The van der Waals surface area contributed by atoms with E-state index < -0.39 is 11.7 Å². The Hall–Kier alpha value is -1.10. The monoisotopic (exact) mass is 230 g/mol. The molecule has 0 bridgehead atoms. The molecule has 88 valence electrons. The second-order valence-electron chi connectivity index (χ2n) is 3.97. The van der Waals surface area contributed by atoms with Gasteiger partial charge >= 0.3 is 6.18 Å². The van der Waals surface area contributed by atoms with E-state index in [0.717, 1.165) is 38.1 Å². The maximum Gasteiger partial charge on any atom is 0.417 e. The summed E-state index contributed by atoms with van der Waals surface area (Å²) in [5, 5.41) is 3.25. The van der Waals surface area contributed by atoms with Gasteiger partial charge in [0.25, 0.3) is 0 Å². The van der Waals surface area contributed by atoms with Crippen LogP contribution < -0.4 is 5.32 Å². The molecule has 1 aliphatic rings. The molecule has 5 heteroatoms. The van der Waals surface area contributed by atoms with Crippen molar-refractivity contribution in [2.75, 3.05) is 6.54 Å². The zero-order chi connectivity index (χ0) is 11.6. The molecule has 16 heavy (non-hydrogen) atoms. The molecule has 1 fully saturated rings. The predicted molar refractivity (Wildman–Crippen MR) is 53.8 cm³/mol. The first-order valence-electron chi connectivity index (χ1n) is 5.34. The summed E-state index contributed by atoms with van der Waals surface area (Å²) < 4.78 is 36.9. The van der Waals surface area contributed by atoms with E-state index in [4.69, 9.17) is 0 Å². The van der Waals surface area contributed by atoms with E-state index in [1.54, 1.807) is 0 Å². The van der Waals surface area contributed by atoms with Crippen LogP contribution in [-0.4, -0.2) is 11.5 Å². The van der Waals surface area contributed by atoms with E-state index >= 15 is 0 Å². The van der Waals surface area contributed by atoms with Crippen molar-refractivity contribution in [1.29, 1.82) is 0 Å². The van der Waals surface area contributed by atoms with Gasteiger partial charge in [-0.1, -0.05) is 6.42 Å². The van der Waals surface area contributed by atoms with E-state index in [1.165, 1.54) is 6.07 Å². The molecule has 2 rings (SSSR count). The summed E-state index contributed by atoms with van der Waals surface area (Å²) in [6.07, 6.45) is -0.229. The molecule has 0 aliphatic carbocycles. The first kappa shape index (κ1) is 11.4. The van der Waals surface area contributed by atoms with Crippen LogP contribution in [0, 0.1) is 0 Å². The third kappa shape index (κ3) is 2.52. The molecule has 0 spiro atoms. The Morgan fingerprint density at radius 3 is 2.56 bits per heavy atom. The number of rotatable bonds is 1. The summed E-state index contributed by atoms with van der Waals surface area (Å²) in [6, 6.07) is 2.67. The van der Waals surface area contributed by atoms with Gasteiger partial charge in [-0.25, -0.2) is 0 Å². The second kappa shape index (κ2) is 4.41. The van der Waals surface area contributed by atoms with Crippen molar-refractivity contribution in [1.82, 2.24) is 10.3 Å². The highest BCUT2D eigenvalue weighted by atomic mass is 19.4. The van der Waals surface area contributed by atoms with Gasteiger partial charge in [-0.2, -0.15) is 13.2 Å². The molecule has 0 saturated carbocycles. The fraction of sp³-hybridized carbons (Fsp3) is 0.545. The van der Waals surface area contributed by atoms with Gasteiger partial charge in [-0.15, -0.1) is 0 Å².